The van der Waals surface area contributed by atoms with E-state index in [0.29, 0.717) is 12.6 Å². The molecule has 7 heteroatoms. The van der Waals surface area contributed by atoms with Gasteiger partial charge in [-0.15, -0.1) is 35.3 Å². The zero-order valence-corrected chi connectivity index (χ0v) is 16.9. The first-order valence-electron chi connectivity index (χ1n) is 7.89. The molecule has 1 aliphatic heterocycles. The standard InChI is InChI=1S/C15H27N5S.HI/c1-4-13-10-17-14(21-13)11-19-15(16-5-2)18-9-12-7-6-8-20(12)3;/h10,12H,4-9,11H2,1-3H3,(H2,16,18,19);1H. The SMILES string of the molecule is CCNC(=NCc1ncc(CC)s1)NCC1CCCN1C.I. The number of likely N-dealkylation sites (tertiary alicyclic amines) is 1. The normalized spacial score (nSPS) is 19.0. The lowest BCUT2D eigenvalue weighted by atomic mass is 10.2. The first-order valence-corrected chi connectivity index (χ1v) is 8.70. The molecule has 22 heavy (non-hydrogen) atoms. The van der Waals surface area contributed by atoms with Crippen LogP contribution in [0.2, 0.25) is 0 Å². The van der Waals surface area contributed by atoms with Crippen molar-refractivity contribution in [1.82, 2.24) is 20.5 Å². The van der Waals surface area contributed by atoms with Crippen LogP contribution in [0.5, 0.6) is 0 Å². The summed E-state index contributed by atoms with van der Waals surface area (Å²) >= 11 is 1.75. The lowest BCUT2D eigenvalue weighted by molar-refractivity contribution is 0.309. The molecule has 0 aromatic carbocycles. The molecule has 2 heterocycles. The fraction of sp³-hybridized carbons (Fsp3) is 0.733. The lowest BCUT2D eigenvalue weighted by Crippen LogP contribution is -2.44. The summed E-state index contributed by atoms with van der Waals surface area (Å²) in [6.07, 6.45) is 5.59. The van der Waals surface area contributed by atoms with Crippen molar-refractivity contribution in [3.63, 3.8) is 0 Å². The van der Waals surface area contributed by atoms with E-state index < -0.39 is 0 Å². The summed E-state index contributed by atoms with van der Waals surface area (Å²) in [5, 5.41) is 7.85. The van der Waals surface area contributed by atoms with Crippen LogP contribution in [0.3, 0.4) is 0 Å². The molecule has 1 fully saturated rings. The van der Waals surface area contributed by atoms with E-state index in [1.807, 2.05) is 6.20 Å². The number of guanidine groups is 1. The maximum absolute atomic E-state index is 4.64. The number of aryl methyl sites for hydroxylation is 1. The Morgan fingerprint density at radius 3 is 2.86 bits per heavy atom. The second-order valence-electron chi connectivity index (χ2n) is 5.43. The van der Waals surface area contributed by atoms with Gasteiger partial charge in [0, 0.05) is 30.2 Å². The highest BCUT2D eigenvalue weighted by molar-refractivity contribution is 14.0. The molecule has 1 unspecified atom stereocenters. The van der Waals surface area contributed by atoms with Crippen LogP contribution in [0.1, 0.15) is 36.6 Å². The van der Waals surface area contributed by atoms with Gasteiger partial charge in [0.15, 0.2) is 5.96 Å². The summed E-state index contributed by atoms with van der Waals surface area (Å²) in [4.78, 5) is 12.8. The molecular formula is C15H28IN5S. The maximum Gasteiger partial charge on any atom is 0.191 e. The molecule has 1 aromatic heterocycles. The largest absolute Gasteiger partial charge is 0.357 e. The van der Waals surface area contributed by atoms with Gasteiger partial charge in [0.2, 0.25) is 0 Å². The van der Waals surface area contributed by atoms with E-state index in [1.165, 1.54) is 24.3 Å². The highest BCUT2D eigenvalue weighted by Crippen LogP contribution is 2.14. The predicted octanol–water partition coefficient (Wildman–Crippen LogP) is 2.47. The summed E-state index contributed by atoms with van der Waals surface area (Å²) in [5.41, 5.74) is 0. The molecule has 2 N–H and O–H groups in total. The number of rotatable bonds is 6. The van der Waals surface area contributed by atoms with Crippen molar-refractivity contribution < 1.29 is 0 Å². The van der Waals surface area contributed by atoms with Gasteiger partial charge in [0.05, 0.1) is 6.54 Å². The summed E-state index contributed by atoms with van der Waals surface area (Å²) in [7, 11) is 2.20. The minimum absolute atomic E-state index is 0. The van der Waals surface area contributed by atoms with Gasteiger partial charge in [-0.05, 0) is 39.8 Å². The number of halogens is 1. The molecule has 0 bridgehead atoms. The van der Waals surface area contributed by atoms with Gasteiger partial charge in [-0.25, -0.2) is 9.98 Å². The number of likely N-dealkylation sites (N-methyl/N-ethyl adjacent to an activating group) is 1. The van der Waals surface area contributed by atoms with E-state index >= 15 is 0 Å². The fourth-order valence-corrected chi connectivity index (χ4v) is 3.31. The van der Waals surface area contributed by atoms with Gasteiger partial charge in [0.1, 0.15) is 5.01 Å². The van der Waals surface area contributed by atoms with Crippen LogP contribution in [-0.2, 0) is 13.0 Å². The zero-order chi connectivity index (χ0) is 15.1. The van der Waals surface area contributed by atoms with E-state index in [4.69, 9.17) is 0 Å². The molecule has 1 saturated heterocycles. The Morgan fingerprint density at radius 1 is 1.45 bits per heavy atom. The monoisotopic (exact) mass is 437 g/mol. The number of thiazole rings is 1. The molecule has 0 spiro atoms. The summed E-state index contributed by atoms with van der Waals surface area (Å²) in [6.45, 7) is 7.95. The topological polar surface area (TPSA) is 52.6 Å². The van der Waals surface area contributed by atoms with Crippen LogP contribution < -0.4 is 10.6 Å². The third-order valence-electron chi connectivity index (χ3n) is 3.84. The second-order valence-corrected chi connectivity index (χ2v) is 6.63. The van der Waals surface area contributed by atoms with E-state index in [9.17, 15) is 0 Å². The van der Waals surface area contributed by atoms with Gasteiger partial charge in [-0.3, -0.25) is 0 Å². The fourth-order valence-electron chi connectivity index (χ4n) is 2.52. The molecule has 1 atom stereocenters. The quantitative estimate of drug-likeness (QED) is 0.408. The molecule has 1 aliphatic rings. The van der Waals surface area contributed by atoms with Crippen molar-refractivity contribution in [3.05, 3.63) is 16.1 Å². The molecule has 2 rings (SSSR count). The second kappa shape index (κ2) is 10.4. The zero-order valence-electron chi connectivity index (χ0n) is 13.8. The van der Waals surface area contributed by atoms with Crippen LogP contribution in [0.15, 0.2) is 11.2 Å². The highest BCUT2D eigenvalue weighted by Gasteiger charge is 2.20. The Hall–Kier alpha value is -0.410. The Balaban J connectivity index is 0.00000242. The van der Waals surface area contributed by atoms with Crippen LogP contribution in [-0.4, -0.2) is 48.6 Å². The Bertz CT molecular complexity index is 463. The van der Waals surface area contributed by atoms with Crippen LogP contribution in [0.25, 0.3) is 0 Å². The number of aromatic nitrogens is 1. The Labute approximate surface area is 155 Å². The van der Waals surface area contributed by atoms with Gasteiger partial charge in [0.25, 0.3) is 0 Å². The average Bonchev–Trinajstić information content (AvgIpc) is 3.11. The molecule has 0 aliphatic carbocycles. The number of nitrogens with one attached hydrogen (secondary N) is 2. The number of aliphatic imine (C=N–C) groups is 1. The van der Waals surface area contributed by atoms with E-state index in [-0.39, 0.29) is 24.0 Å². The van der Waals surface area contributed by atoms with Gasteiger partial charge >= 0.3 is 0 Å². The first kappa shape index (κ1) is 19.6. The van der Waals surface area contributed by atoms with E-state index in [1.54, 1.807) is 11.3 Å². The van der Waals surface area contributed by atoms with Crippen LogP contribution in [0, 0.1) is 0 Å². The molecule has 5 nitrogen and oxygen atoms in total. The number of hydrogen-bond donors (Lipinski definition) is 2. The summed E-state index contributed by atoms with van der Waals surface area (Å²) < 4.78 is 0. The predicted molar refractivity (Wildman–Crippen MR) is 105 cm³/mol. The van der Waals surface area contributed by atoms with Gasteiger partial charge in [-0.1, -0.05) is 6.92 Å². The van der Waals surface area contributed by atoms with Crippen molar-refractivity contribution in [3.8, 4) is 0 Å². The van der Waals surface area contributed by atoms with Crippen molar-refractivity contribution in [2.24, 2.45) is 4.99 Å². The molecular weight excluding hydrogens is 409 g/mol. The van der Waals surface area contributed by atoms with Gasteiger partial charge < -0.3 is 15.5 Å². The van der Waals surface area contributed by atoms with Crippen molar-refractivity contribution in [1.29, 1.82) is 0 Å². The smallest absolute Gasteiger partial charge is 0.191 e. The minimum Gasteiger partial charge on any atom is -0.357 e. The van der Waals surface area contributed by atoms with Gasteiger partial charge in [-0.2, -0.15) is 0 Å². The Kier molecular flexibility index (Phi) is 9.27. The minimum atomic E-state index is 0. The van der Waals surface area contributed by atoms with Crippen molar-refractivity contribution >= 4 is 41.3 Å². The molecule has 0 amide bonds. The van der Waals surface area contributed by atoms with Crippen molar-refractivity contribution in [2.45, 2.75) is 45.7 Å². The lowest BCUT2D eigenvalue weighted by Gasteiger charge is -2.21. The Morgan fingerprint density at radius 2 is 2.27 bits per heavy atom. The summed E-state index contributed by atoms with van der Waals surface area (Å²) in [5.74, 6) is 0.894. The van der Waals surface area contributed by atoms with Crippen LogP contribution in [0.4, 0.5) is 0 Å². The maximum atomic E-state index is 4.64. The highest BCUT2D eigenvalue weighted by atomic mass is 127. The van der Waals surface area contributed by atoms with Crippen LogP contribution >= 0.6 is 35.3 Å². The average molecular weight is 437 g/mol. The third-order valence-corrected chi connectivity index (χ3v) is 4.97. The number of nitrogens with zero attached hydrogens (tertiary/aromatic N) is 3. The number of hydrogen-bond acceptors (Lipinski definition) is 4. The van der Waals surface area contributed by atoms with Crippen molar-refractivity contribution in [2.75, 3.05) is 26.7 Å². The first-order chi connectivity index (χ1) is 10.2. The molecule has 126 valence electrons. The molecule has 1 aromatic rings. The molecule has 0 saturated carbocycles. The summed E-state index contributed by atoms with van der Waals surface area (Å²) in [6, 6.07) is 0.625. The molecule has 0 radical (unpaired) electrons. The third kappa shape index (κ3) is 6.00. The van der Waals surface area contributed by atoms with E-state index in [2.05, 4.69) is 46.4 Å². The van der Waals surface area contributed by atoms with E-state index in [0.717, 1.165) is 30.5 Å².